The number of nitrogens with one attached hydrogen (secondary N) is 2. The molecule has 0 spiro atoms. The van der Waals surface area contributed by atoms with Gasteiger partial charge in [-0.25, -0.2) is 4.79 Å². The first-order valence-electron chi connectivity index (χ1n) is 9.08. The molecule has 4 rings (SSSR count). The maximum atomic E-state index is 12.4. The maximum absolute atomic E-state index is 12.4. The van der Waals surface area contributed by atoms with E-state index < -0.39 is 0 Å². The zero-order valence-electron chi connectivity index (χ0n) is 14.8. The van der Waals surface area contributed by atoms with Crippen LogP contribution < -0.4 is 11.0 Å². The number of nitrogens with zero attached hydrogens (tertiary/aromatic N) is 2. The summed E-state index contributed by atoms with van der Waals surface area (Å²) in [6, 6.07) is 15.8. The summed E-state index contributed by atoms with van der Waals surface area (Å²) in [6.07, 6.45) is 1.79. The lowest BCUT2D eigenvalue weighted by Crippen LogP contribution is -2.45. The molecule has 0 amide bonds. The van der Waals surface area contributed by atoms with Crippen LogP contribution in [0.15, 0.2) is 53.3 Å². The van der Waals surface area contributed by atoms with E-state index in [9.17, 15) is 4.79 Å². The third-order valence-corrected chi connectivity index (χ3v) is 5.75. The van der Waals surface area contributed by atoms with Crippen LogP contribution in [0.4, 0.5) is 0 Å². The largest absolute Gasteiger partial charge is 0.358 e. The van der Waals surface area contributed by atoms with Gasteiger partial charge < -0.3 is 15.2 Å². The molecule has 2 aromatic carbocycles. The molecule has 1 aliphatic rings. The van der Waals surface area contributed by atoms with Gasteiger partial charge in [-0.15, -0.1) is 0 Å². The van der Waals surface area contributed by atoms with Gasteiger partial charge in [0.1, 0.15) is 0 Å². The van der Waals surface area contributed by atoms with Gasteiger partial charge in [0.25, 0.3) is 0 Å². The van der Waals surface area contributed by atoms with Crippen molar-refractivity contribution < 1.29 is 0 Å². The van der Waals surface area contributed by atoms with Crippen LogP contribution in [0.2, 0.25) is 5.02 Å². The smallest absolute Gasteiger partial charge is 0.326 e. The second-order valence-corrected chi connectivity index (χ2v) is 7.64. The monoisotopic (exact) mass is 400 g/mol. The Kier molecular flexibility index (Phi) is 5.18. The van der Waals surface area contributed by atoms with Crippen LogP contribution in [0.1, 0.15) is 24.4 Å². The van der Waals surface area contributed by atoms with Crippen molar-refractivity contribution in [2.45, 2.75) is 25.4 Å². The third kappa shape index (κ3) is 3.87. The highest BCUT2D eigenvalue weighted by Gasteiger charge is 2.24. The first kappa shape index (κ1) is 18.1. The predicted octanol–water partition coefficient (Wildman–Crippen LogP) is 3.69. The number of aromatic nitrogens is 2. The number of likely N-dealkylation sites (tertiary alicyclic amines) is 1. The van der Waals surface area contributed by atoms with Gasteiger partial charge in [-0.05, 0) is 54.9 Å². The van der Waals surface area contributed by atoms with Crippen LogP contribution in [0.3, 0.4) is 0 Å². The van der Waals surface area contributed by atoms with Crippen molar-refractivity contribution in [2.75, 3.05) is 13.1 Å². The zero-order chi connectivity index (χ0) is 18.8. The molecule has 0 unspecified atom stereocenters. The minimum atomic E-state index is -0.0295. The Morgan fingerprint density at radius 1 is 1.15 bits per heavy atom. The molecule has 0 atom stereocenters. The molecule has 0 saturated carbocycles. The van der Waals surface area contributed by atoms with Crippen LogP contribution in [-0.4, -0.2) is 32.7 Å². The van der Waals surface area contributed by atoms with Crippen molar-refractivity contribution in [3.8, 4) is 0 Å². The molecule has 0 radical (unpaired) electrons. The second-order valence-electron chi connectivity index (χ2n) is 6.82. The molecular formula is C20H21ClN4OS. The Labute approximate surface area is 167 Å². The van der Waals surface area contributed by atoms with Crippen LogP contribution in [-0.2, 0) is 6.54 Å². The van der Waals surface area contributed by atoms with E-state index in [4.69, 9.17) is 23.8 Å². The SMILES string of the molecule is O=c1[nH]c2ccccc2n1C1CCN(C(=S)NCc2ccc(Cl)cc2)CC1. The van der Waals surface area contributed by atoms with Crippen LogP contribution in [0, 0.1) is 0 Å². The second kappa shape index (κ2) is 7.74. The molecule has 1 fully saturated rings. The molecular weight excluding hydrogens is 380 g/mol. The van der Waals surface area contributed by atoms with Gasteiger partial charge >= 0.3 is 5.69 Å². The Bertz CT molecular complexity index is 1000. The lowest BCUT2D eigenvalue weighted by atomic mass is 10.0. The fourth-order valence-electron chi connectivity index (χ4n) is 3.66. The molecule has 27 heavy (non-hydrogen) atoms. The van der Waals surface area contributed by atoms with E-state index in [1.54, 1.807) is 0 Å². The highest BCUT2D eigenvalue weighted by Crippen LogP contribution is 2.24. The number of rotatable bonds is 3. The summed E-state index contributed by atoms with van der Waals surface area (Å²) in [7, 11) is 0. The van der Waals surface area contributed by atoms with E-state index in [0.29, 0.717) is 6.54 Å². The number of hydrogen-bond acceptors (Lipinski definition) is 2. The normalized spacial score (nSPS) is 15.2. The molecule has 7 heteroatoms. The Morgan fingerprint density at radius 2 is 1.85 bits per heavy atom. The minimum Gasteiger partial charge on any atom is -0.358 e. The van der Waals surface area contributed by atoms with Crippen molar-refractivity contribution in [3.63, 3.8) is 0 Å². The van der Waals surface area contributed by atoms with E-state index in [1.165, 1.54) is 0 Å². The Morgan fingerprint density at radius 3 is 2.59 bits per heavy atom. The summed E-state index contributed by atoms with van der Waals surface area (Å²) in [5.74, 6) is 0. The Hall–Kier alpha value is -2.31. The number of thiocarbonyl (C=S) groups is 1. The van der Waals surface area contributed by atoms with Crippen molar-refractivity contribution in [1.29, 1.82) is 0 Å². The first-order valence-corrected chi connectivity index (χ1v) is 9.87. The Balaban J connectivity index is 1.37. The van der Waals surface area contributed by atoms with Gasteiger partial charge in [0.2, 0.25) is 0 Å². The minimum absolute atomic E-state index is 0.0295. The lowest BCUT2D eigenvalue weighted by Gasteiger charge is -2.34. The molecule has 0 aliphatic carbocycles. The summed E-state index contributed by atoms with van der Waals surface area (Å²) in [6.45, 7) is 2.35. The summed E-state index contributed by atoms with van der Waals surface area (Å²) in [5, 5.41) is 4.81. The average molecular weight is 401 g/mol. The van der Waals surface area contributed by atoms with E-state index in [1.807, 2.05) is 53.1 Å². The molecule has 140 valence electrons. The molecule has 2 heterocycles. The fourth-order valence-corrected chi connectivity index (χ4v) is 4.04. The van der Waals surface area contributed by atoms with Gasteiger partial charge in [0.15, 0.2) is 5.11 Å². The number of hydrogen-bond donors (Lipinski definition) is 2. The predicted molar refractivity (Wildman–Crippen MR) is 113 cm³/mol. The highest BCUT2D eigenvalue weighted by atomic mass is 35.5. The molecule has 1 aliphatic heterocycles. The van der Waals surface area contributed by atoms with Crippen LogP contribution >= 0.6 is 23.8 Å². The van der Waals surface area contributed by atoms with E-state index in [0.717, 1.165) is 52.7 Å². The van der Waals surface area contributed by atoms with E-state index in [-0.39, 0.29) is 11.7 Å². The molecule has 2 N–H and O–H groups in total. The number of para-hydroxylation sites is 2. The lowest BCUT2D eigenvalue weighted by molar-refractivity contribution is 0.264. The molecule has 1 aromatic heterocycles. The molecule has 1 saturated heterocycles. The summed E-state index contributed by atoms with van der Waals surface area (Å²) in [4.78, 5) is 17.5. The molecule has 0 bridgehead atoms. The highest BCUT2D eigenvalue weighted by molar-refractivity contribution is 7.80. The first-order chi connectivity index (χ1) is 13.1. The number of H-pyrrole nitrogens is 1. The number of fused-ring (bicyclic) bond motifs is 1. The van der Waals surface area contributed by atoms with Crippen molar-refractivity contribution in [3.05, 3.63) is 69.6 Å². The van der Waals surface area contributed by atoms with Crippen LogP contribution in [0.25, 0.3) is 11.0 Å². The van der Waals surface area contributed by atoms with Crippen molar-refractivity contribution >= 4 is 40.0 Å². The van der Waals surface area contributed by atoms with Gasteiger partial charge in [-0.3, -0.25) is 4.57 Å². The summed E-state index contributed by atoms with van der Waals surface area (Å²) >= 11 is 11.5. The fraction of sp³-hybridized carbons (Fsp3) is 0.300. The number of piperidine rings is 1. The van der Waals surface area contributed by atoms with Crippen molar-refractivity contribution in [1.82, 2.24) is 19.8 Å². The molecule has 5 nitrogen and oxygen atoms in total. The molecule has 3 aromatic rings. The van der Waals surface area contributed by atoms with Crippen molar-refractivity contribution in [2.24, 2.45) is 0 Å². The standard InChI is InChI=1S/C20H21ClN4OS/c21-15-7-5-14(6-8-15)13-22-20(27)24-11-9-16(10-12-24)25-18-4-2-1-3-17(18)23-19(25)26/h1-8,16H,9-13H2,(H,22,27)(H,23,26). The van der Waals surface area contributed by atoms with Crippen LogP contribution in [0.5, 0.6) is 0 Å². The van der Waals surface area contributed by atoms with Gasteiger partial charge in [-0.1, -0.05) is 35.9 Å². The van der Waals surface area contributed by atoms with Gasteiger partial charge in [0.05, 0.1) is 11.0 Å². The summed E-state index contributed by atoms with van der Waals surface area (Å²) in [5.41, 5.74) is 2.98. The average Bonchev–Trinajstić information content (AvgIpc) is 3.03. The third-order valence-electron chi connectivity index (χ3n) is 5.10. The van der Waals surface area contributed by atoms with Gasteiger partial charge in [-0.2, -0.15) is 0 Å². The summed E-state index contributed by atoms with van der Waals surface area (Å²) < 4.78 is 1.90. The van der Waals surface area contributed by atoms with E-state index >= 15 is 0 Å². The quantitative estimate of drug-likeness (QED) is 0.658. The number of halogens is 1. The van der Waals surface area contributed by atoms with E-state index in [2.05, 4.69) is 15.2 Å². The zero-order valence-corrected chi connectivity index (χ0v) is 16.4. The topological polar surface area (TPSA) is 53.1 Å². The maximum Gasteiger partial charge on any atom is 0.326 e. The number of benzene rings is 2. The number of aromatic amines is 1. The number of imidazole rings is 1. The van der Waals surface area contributed by atoms with Gasteiger partial charge in [0, 0.05) is 30.7 Å².